The molecule has 0 aromatic heterocycles. The number of rotatable bonds is 5. The summed E-state index contributed by atoms with van der Waals surface area (Å²) >= 11 is 6.00. The Bertz CT molecular complexity index is 1090. The Morgan fingerprint density at radius 2 is 1.59 bits per heavy atom. The lowest BCUT2D eigenvalue weighted by Crippen LogP contribution is -2.61. The highest BCUT2D eigenvalue weighted by molar-refractivity contribution is 6.30. The molecule has 0 bridgehead atoms. The number of hydrogen-bond acceptors (Lipinski definition) is 6. The third-order valence-corrected chi connectivity index (χ3v) is 6.12. The zero-order valence-electron chi connectivity index (χ0n) is 17.3. The summed E-state index contributed by atoms with van der Waals surface area (Å²) in [5, 5.41) is 0.423. The van der Waals surface area contributed by atoms with E-state index in [1.165, 1.54) is 12.1 Å². The summed E-state index contributed by atoms with van der Waals surface area (Å²) in [5.41, 5.74) is 9.46. The first-order chi connectivity index (χ1) is 15.2. The molecule has 2 atom stereocenters. The van der Waals surface area contributed by atoms with Gasteiger partial charge < -0.3 is 30.6 Å². The molecule has 9 nitrogen and oxygen atoms in total. The van der Waals surface area contributed by atoms with Crippen LogP contribution >= 0.6 is 11.6 Å². The maximum absolute atomic E-state index is 12.9. The summed E-state index contributed by atoms with van der Waals surface area (Å²) in [7, 11) is 0. The summed E-state index contributed by atoms with van der Waals surface area (Å²) in [6.07, 6.45) is 0. The standard InChI is InChI=1S/C22H22ClN3O6/c1-13-10-15(4-7-17(13)26-8-9-30-11-18(26)27)22(20(25)29)21(19(24)28,31-12-32-22)14-2-5-16(23)6-3-14/h2-7,10H,8-9,11-12H2,1H3,(H2,24,28)(H2,25,29). The monoisotopic (exact) mass is 459 g/mol. The fraction of sp³-hybridized carbons (Fsp3) is 0.318. The third kappa shape index (κ3) is 3.17. The predicted molar refractivity (Wildman–Crippen MR) is 115 cm³/mol. The summed E-state index contributed by atoms with van der Waals surface area (Å²) in [6, 6.07) is 11.1. The number of ether oxygens (including phenoxy) is 3. The van der Waals surface area contributed by atoms with E-state index in [0.29, 0.717) is 29.4 Å². The third-order valence-electron chi connectivity index (χ3n) is 5.87. The molecule has 32 heavy (non-hydrogen) atoms. The highest BCUT2D eigenvalue weighted by atomic mass is 35.5. The van der Waals surface area contributed by atoms with Crippen molar-refractivity contribution in [3.8, 4) is 0 Å². The van der Waals surface area contributed by atoms with Crippen LogP contribution in [0.3, 0.4) is 0 Å². The molecule has 2 saturated heterocycles. The Kier molecular flexibility index (Phi) is 5.68. The van der Waals surface area contributed by atoms with Crippen molar-refractivity contribution in [1.82, 2.24) is 0 Å². The average Bonchev–Trinajstić information content (AvgIpc) is 3.17. The van der Waals surface area contributed by atoms with Gasteiger partial charge in [0.2, 0.25) is 11.2 Å². The lowest BCUT2D eigenvalue weighted by Gasteiger charge is -2.39. The van der Waals surface area contributed by atoms with Crippen LogP contribution in [0.15, 0.2) is 42.5 Å². The van der Waals surface area contributed by atoms with Crippen molar-refractivity contribution in [3.63, 3.8) is 0 Å². The van der Waals surface area contributed by atoms with Crippen molar-refractivity contribution in [3.05, 3.63) is 64.2 Å². The minimum Gasteiger partial charge on any atom is -0.370 e. The number of nitrogens with two attached hydrogens (primary N) is 2. The zero-order chi connectivity index (χ0) is 23.1. The van der Waals surface area contributed by atoms with Crippen LogP contribution < -0.4 is 16.4 Å². The van der Waals surface area contributed by atoms with Gasteiger partial charge in [0.25, 0.3) is 17.7 Å². The van der Waals surface area contributed by atoms with E-state index in [1.807, 2.05) is 0 Å². The van der Waals surface area contributed by atoms with Gasteiger partial charge in [0.1, 0.15) is 6.61 Å². The van der Waals surface area contributed by atoms with Crippen molar-refractivity contribution in [2.24, 2.45) is 11.5 Å². The molecule has 0 saturated carbocycles. The number of primary amides is 2. The number of hydrogen-bond donors (Lipinski definition) is 2. The molecule has 2 aliphatic heterocycles. The van der Waals surface area contributed by atoms with E-state index in [1.54, 1.807) is 42.2 Å². The average molecular weight is 460 g/mol. The zero-order valence-corrected chi connectivity index (χ0v) is 18.1. The number of amides is 3. The molecule has 168 valence electrons. The molecule has 2 unspecified atom stereocenters. The maximum atomic E-state index is 12.9. The second-order valence-corrected chi connectivity index (χ2v) is 8.04. The first-order valence-corrected chi connectivity index (χ1v) is 10.2. The molecule has 3 amide bonds. The highest BCUT2D eigenvalue weighted by Crippen LogP contribution is 2.51. The number of morpholine rings is 1. The second kappa shape index (κ2) is 8.18. The van der Waals surface area contributed by atoms with E-state index in [-0.39, 0.29) is 23.6 Å². The number of carbonyl (C=O) groups excluding carboxylic acids is 3. The summed E-state index contributed by atoms with van der Waals surface area (Å²) in [5.74, 6) is -2.07. The Hall–Kier alpha value is -2.98. The van der Waals surface area contributed by atoms with Gasteiger partial charge in [-0.25, -0.2) is 0 Å². The normalized spacial score (nSPS) is 25.7. The van der Waals surface area contributed by atoms with Gasteiger partial charge in [0, 0.05) is 17.3 Å². The van der Waals surface area contributed by atoms with Crippen molar-refractivity contribution in [2.45, 2.75) is 18.1 Å². The second-order valence-electron chi connectivity index (χ2n) is 7.60. The van der Waals surface area contributed by atoms with Crippen molar-refractivity contribution in [1.29, 1.82) is 0 Å². The van der Waals surface area contributed by atoms with Gasteiger partial charge in [-0.15, -0.1) is 0 Å². The number of halogens is 1. The number of anilines is 1. The van der Waals surface area contributed by atoms with Gasteiger partial charge >= 0.3 is 0 Å². The molecule has 4 N–H and O–H groups in total. The van der Waals surface area contributed by atoms with Crippen molar-refractivity contribution >= 4 is 35.0 Å². The summed E-state index contributed by atoms with van der Waals surface area (Å²) in [4.78, 5) is 39.7. The maximum Gasteiger partial charge on any atom is 0.258 e. The molecule has 2 aliphatic rings. The number of aryl methyl sites for hydroxylation is 1. The molecule has 2 aromatic rings. The number of nitrogens with zero attached hydrogens (tertiary/aromatic N) is 1. The molecule has 10 heteroatoms. The topological polar surface area (TPSA) is 134 Å². The molecule has 0 spiro atoms. The quantitative estimate of drug-likeness (QED) is 0.687. The molecule has 0 aliphatic carbocycles. The van der Waals surface area contributed by atoms with E-state index in [2.05, 4.69) is 0 Å². The van der Waals surface area contributed by atoms with Crippen LogP contribution in [0, 0.1) is 6.92 Å². The van der Waals surface area contributed by atoms with E-state index < -0.39 is 29.8 Å². The van der Waals surface area contributed by atoms with Gasteiger partial charge in [-0.05, 0) is 41.8 Å². The summed E-state index contributed by atoms with van der Waals surface area (Å²) < 4.78 is 16.7. The minimum atomic E-state index is -2.04. The Balaban J connectivity index is 1.89. The van der Waals surface area contributed by atoms with E-state index in [0.717, 1.165) is 0 Å². The van der Waals surface area contributed by atoms with Crippen LogP contribution in [0.1, 0.15) is 16.7 Å². The van der Waals surface area contributed by atoms with E-state index in [9.17, 15) is 14.4 Å². The Labute approximate surface area is 189 Å². The van der Waals surface area contributed by atoms with Gasteiger partial charge in [0.15, 0.2) is 6.79 Å². The molecule has 4 rings (SSSR count). The summed E-state index contributed by atoms with van der Waals surface area (Å²) in [6.45, 7) is 2.19. The first-order valence-electron chi connectivity index (χ1n) is 9.87. The number of carbonyl (C=O) groups is 3. The molecule has 0 radical (unpaired) electrons. The minimum absolute atomic E-state index is 0.00921. The van der Waals surface area contributed by atoms with Gasteiger partial charge in [-0.2, -0.15) is 0 Å². The lowest BCUT2D eigenvalue weighted by atomic mass is 9.72. The van der Waals surface area contributed by atoms with Crippen LogP contribution in [-0.4, -0.2) is 44.3 Å². The smallest absolute Gasteiger partial charge is 0.258 e. The molecule has 2 aromatic carbocycles. The SMILES string of the molecule is Cc1cc(C2(C(N)=O)OCOC2(C(N)=O)c2ccc(Cl)cc2)ccc1N1CCOCC1=O. The Morgan fingerprint density at radius 3 is 2.16 bits per heavy atom. The lowest BCUT2D eigenvalue weighted by molar-refractivity contribution is -0.159. The van der Waals surface area contributed by atoms with Crippen molar-refractivity contribution in [2.75, 3.05) is 31.5 Å². The largest absolute Gasteiger partial charge is 0.370 e. The van der Waals surface area contributed by atoms with Gasteiger partial charge in [-0.3, -0.25) is 14.4 Å². The van der Waals surface area contributed by atoms with E-state index in [4.69, 9.17) is 37.3 Å². The van der Waals surface area contributed by atoms with E-state index >= 15 is 0 Å². The van der Waals surface area contributed by atoms with Crippen molar-refractivity contribution < 1.29 is 28.6 Å². The molecular formula is C22H22ClN3O6. The van der Waals surface area contributed by atoms with Crippen LogP contribution in [0.25, 0.3) is 0 Å². The number of benzene rings is 2. The van der Waals surface area contributed by atoms with Crippen LogP contribution in [-0.2, 0) is 39.8 Å². The molecular weight excluding hydrogens is 438 g/mol. The van der Waals surface area contributed by atoms with Crippen LogP contribution in [0.4, 0.5) is 5.69 Å². The van der Waals surface area contributed by atoms with Crippen LogP contribution in [0.5, 0.6) is 0 Å². The first kappa shape index (κ1) is 22.2. The van der Waals surface area contributed by atoms with Gasteiger partial charge in [-0.1, -0.05) is 35.9 Å². The van der Waals surface area contributed by atoms with Gasteiger partial charge in [0.05, 0.1) is 6.61 Å². The Morgan fingerprint density at radius 1 is 1.00 bits per heavy atom. The molecule has 2 heterocycles. The molecule has 2 fully saturated rings. The predicted octanol–water partition coefficient (Wildman–Crippen LogP) is 1.08. The fourth-order valence-corrected chi connectivity index (χ4v) is 4.52. The van der Waals surface area contributed by atoms with Crippen LogP contribution in [0.2, 0.25) is 5.02 Å². The highest BCUT2D eigenvalue weighted by Gasteiger charge is 2.68. The fourth-order valence-electron chi connectivity index (χ4n) is 4.39.